The second-order valence-corrected chi connectivity index (χ2v) is 6.82. The highest BCUT2D eigenvalue weighted by molar-refractivity contribution is 5.94. The molecule has 0 atom stereocenters. The number of carbonyl (C=O) groups is 2. The Morgan fingerprint density at radius 3 is 2.41 bits per heavy atom. The lowest BCUT2D eigenvalue weighted by Crippen LogP contribution is -2.20. The molecule has 0 bridgehead atoms. The molecule has 1 aliphatic rings. The highest BCUT2D eigenvalue weighted by Gasteiger charge is 2.29. The lowest BCUT2D eigenvalue weighted by atomic mass is 10.3. The third-order valence-corrected chi connectivity index (χ3v) is 3.93. The predicted octanol–water partition coefficient (Wildman–Crippen LogP) is 3.84. The number of rotatable bonds is 8. The lowest BCUT2D eigenvalue weighted by molar-refractivity contribution is -0.118. The van der Waals surface area contributed by atoms with Crippen molar-refractivity contribution >= 4 is 23.2 Å². The summed E-state index contributed by atoms with van der Waals surface area (Å²) in [6.07, 6.45) is 2.00. The first-order valence-corrected chi connectivity index (χ1v) is 9.10. The standard InChI is InChI=1S/C21H24N2O4/c1-14(2)27-18-10-8-16(9-11-18)22-20(24)13-26-19-5-3-4-17(12-19)23-21(25)15-6-7-15/h3-5,8-12,14-15H,6-7,13H2,1-2H3,(H,22,24)(H,23,25). The van der Waals surface area contributed by atoms with E-state index in [4.69, 9.17) is 9.47 Å². The predicted molar refractivity (Wildman–Crippen MR) is 104 cm³/mol. The number of amides is 2. The third-order valence-electron chi connectivity index (χ3n) is 3.93. The monoisotopic (exact) mass is 368 g/mol. The summed E-state index contributed by atoms with van der Waals surface area (Å²) >= 11 is 0. The topological polar surface area (TPSA) is 76.7 Å². The molecule has 6 heteroatoms. The van der Waals surface area contributed by atoms with Crippen molar-refractivity contribution in [3.05, 3.63) is 48.5 Å². The molecule has 1 saturated carbocycles. The Labute approximate surface area is 158 Å². The van der Waals surface area contributed by atoms with Crippen LogP contribution >= 0.6 is 0 Å². The zero-order valence-corrected chi connectivity index (χ0v) is 15.5. The van der Waals surface area contributed by atoms with Crippen molar-refractivity contribution in [2.75, 3.05) is 17.2 Å². The average Bonchev–Trinajstić information content (AvgIpc) is 3.47. The molecule has 2 N–H and O–H groups in total. The van der Waals surface area contributed by atoms with Gasteiger partial charge in [0.05, 0.1) is 6.10 Å². The smallest absolute Gasteiger partial charge is 0.262 e. The molecule has 0 aromatic heterocycles. The number of anilines is 2. The van der Waals surface area contributed by atoms with Gasteiger partial charge < -0.3 is 20.1 Å². The first-order valence-electron chi connectivity index (χ1n) is 9.10. The van der Waals surface area contributed by atoms with Crippen LogP contribution in [0.15, 0.2) is 48.5 Å². The zero-order valence-electron chi connectivity index (χ0n) is 15.5. The van der Waals surface area contributed by atoms with Crippen LogP contribution < -0.4 is 20.1 Å². The summed E-state index contributed by atoms with van der Waals surface area (Å²) in [7, 11) is 0. The van der Waals surface area contributed by atoms with Gasteiger partial charge in [-0.3, -0.25) is 9.59 Å². The number of ether oxygens (including phenoxy) is 2. The molecule has 0 spiro atoms. The van der Waals surface area contributed by atoms with E-state index in [1.807, 2.05) is 26.0 Å². The third kappa shape index (κ3) is 6.02. The summed E-state index contributed by atoms with van der Waals surface area (Å²) in [5.41, 5.74) is 1.34. The minimum absolute atomic E-state index is 0.0368. The van der Waals surface area contributed by atoms with Crippen molar-refractivity contribution in [3.63, 3.8) is 0 Å². The van der Waals surface area contributed by atoms with Gasteiger partial charge in [0, 0.05) is 23.4 Å². The van der Waals surface area contributed by atoms with Gasteiger partial charge in [0.1, 0.15) is 11.5 Å². The van der Waals surface area contributed by atoms with E-state index in [1.165, 1.54) is 0 Å². The molecular weight excluding hydrogens is 344 g/mol. The van der Waals surface area contributed by atoms with Crippen LogP contribution in [0.3, 0.4) is 0 Å². The van der Waals surface area contributed by atoms with Crippen LogP contribution in [0.5, 0.6) is 11.5 Å². The summed E-state index contributed by atoms with van der Waals surface area (Å²) in [4.78, 5) is 23.9. The number of hydrogen-bond donors (Lipinski definition) is 2. The van der Waals surface area contributed by atoms with Crippen LogP contribution in [-0.4, -0.2) is 24.5 Å². The van der Waals surface area contributed by atoms with E-state index >= 15 is 0 Å². The van der Waals surface area contributed by atoms with Crippen molar-refractivity contribution in [2.24, 2.45) is 5.92 Å². The molecule has 3 rings (SSSR count). The molecular formula is C21H24N2O4. The van der Waals surface area contributed by atoms with E-state index in [1.54, 1.807) is 36.4 Å². The van der Waals surface area contributed by atoms with Gasteiger partial charge in [-0.05, 0) is 63.1 Å². The average molecular weight is 368 g/mol. The van der Waals surface area contributed by atoms with E-state index in [0.29, 0.717) is 17.1 Å². The summed E-state index contributed by atoms with van der Waals surface area (Å²) in [5, 5.41) is 5.63. The fraction of sp³-hybridized carbons (Fsp3) is 0.333. The molecule has 6 nitrogen and oxygen atoms in total. The maximum absolute atomic E-state index is 12.1. The number of nitrogens with one attached hydrogen (secondary N) is 2. The van der Waals surface area contributed by atoms with Gasteiger partial charge in [0.15, 0.2) is 6.61 Å². The fourth-order valence-corrected chi connectivity index (χ4v) is 2.49. The molecule has 1 aliphatic carbocycles. The van der Waals surface area contributed by atoms with Gasteiger partial charge in [-0.25, -0.2) is 0 Å². The van der Waals surface area contributed by atoms with Crippen molar-refractivity contribution < 1.29 is 19.1 Å². The minimum Gasteiger partial charge on any atom is -0.491 e. The van der Waals surface area contributed by atoms with Crippen LogP contribution in [0.25, 0.3) is 0 Å². The van der Waals surface area contributed by atoms with Crippen LogP contribution in [-0.2, 0) is 9.59 Å². The van der Waals surface area contributed by atoms with Crippen molar-refractivity contribution in [1.29, 1.82) is 0 Å². The highest BCUT2D eigenvalue weighted by Crippen LogP contribution is 2.30. The number of carbonyl (C=O) groups excluding carboxylic acids is 2. The van der Waals surface area contributed by atoms with Crippen LogP contribution in [0.4, 0.5) is 11.4 Å². The molecule has 2 aromatic carbocycles. The summed E-state index contributed by atoms with van der Waals surface area (Å²) in [5.74, 6) is 1.19. The Morgan fingerprint density at radius 1 is 1.00 bits per heavy atom. The van der Waals surface area contributed by atoms with E-state index in [9.17, 15) is 9.59 Å². The minimum atomic E-state index is -0.264. The quantitative estimate of drug-likeness (QED) is 0.742. The summed E-state index contributed by atoms with van der Waals surface area (Å²) in [6, 6.07) is 14.2. The fourth-order valence-electron chi connectivity index (χ4n) is 2.49. The van der Waals surface area contributed by atoms with E-state index in [-0.39, 0.29) is 30.4 Å². The molecule has 1 fully saturated rings. The number of hydrogen-bond acceptors (Lipinski definition) is 4. The maximum Gasteiger partial charge on any atom is 0.262 e. The van der Waals surface area contributed by atoms with Gasteiger partial charge >= 0.3 is 0 Å². The summed E-state index contributed by atoms with van der Waals surface area (Å²) < 4.78 is 11.1. The first-order chi connectivity index (χ1) is 13.0. The molecule has 2 amide bonds. The van der Waals surface area contributed by atoms with Crippen molar-refractivity contribution in [3.8, 4) is 11.5 Å². The first kappa shape index (κ1) is 18.8. The largest absolute Gasteiger partial charge is 0.491 e. The van der Waals surface area contributed by atoms with Gasteiger partial charge in [-0.15, -0.1) is 0 Å². The molecule has 0 heterocycles. The van der Waals surface area contributed by atoms with Crippen LogP contribution in [0.1, 0.15) is 26.7 Å². The molecule has 2 aromatic rings. The SMILES string of the molecule is CC(C)Oc1ccc(NC(=O)COc2cccc(NC(=O)C3CC3)c2)cc1. The lowest BCUT2D eigenvalue weighted by Gasteiger charge is -2.11. The molecule has 0 saturated heterocycles. The van der Waals surface area contributed by atoms with E-state index < -0.39 is 0 Å². The van der Waals surface area contributed by atoms with Gasteiger partial charge in [-0.1, -0.05) is 6.07 Å². The second-order valence-electron chi connectivity index (χ2n) is 6.82. The Balaban J connectivity index is 1.47. The molecule has 0 aliphatic heterocycles. The van der Waals surface area contributed by atoms with Gasteiger partial charge in [0.25, 0.3) is 5.91 Å². The Bertz CT molecular complexity index is 798. The Morgan fingerprint density at radius 2 is 1.74 bits per heavy atom. The van der Waals surface area contributed by atoms with Crippen LogP contribution in [0.2, 0.25) is 0 Å². The summed E-state index contributed by atoms with van der Waals surface area (Å²) in [6.45, 7) is 3.79. The van der Waals surface area contributed by atoms with E-state index in [2.05, 4.69) is 10.6 Å². The maximum atomic E-state index is 12.1. The molecule has 0 unspecified atom stereocenters. The van der Waals surface area contributed by atoms with Gasteiger partial charge in [0.2, 0.25) is 5.91 Å². The highest BCUT2D eigenvalue weighted by atomic mass is 16.5. The van der Waals surface area contributed by atoms with Crippen molar-refractivity contribution in [1.82, 2.24) is 0 Å². The Hall–Kier alpha value is -3.02. The van der Waals surface area contributed by atoms with Crippen LogP contribution in [0, 0.1) is 5.92 Å². The zero-order chi connectivity index (χ0) is 19.2. The number of benzene rings is 2. The normalized spacial score (nSPS) is 13.1. The Kier molecular flexibility index (Phi) is 5.96. The van der Waals surface area contributed by atoms with Gasteiger partial charge in [-0.2, -0.15) is 0 Å². The second kappa shape index (κ2) is 8.58. The molecule has 27 heavy (non-hydrogen) atoms. The molecule has 0 radical (unpaired) electrons. The van der Waals surface area contributed by atoms with E-state index in [0.717, 1.165) is 18.6 Å². The molecule has 142 valence electrons. The van der Waals surface area contributed by atoms with Crippen molar-refractivity contribution in [2.45, 2.75) is 32.8 Å².